The van der Waals surface area contributed by atoms with Crippen molar-refractivity contribution in [1.82, 2.24) is 10.3 Å². The number of aromatic nitrogens is 1. The van der Waals surface area contributed by atoms with E-state index in [4.69, 9.17) is 9.84 Å². The number of rotatable bonds is 4. The standard InChI is InChI=1S/C12H12N2O4/c15-11(16)6-14-12(17)18-7-8-5-13-10-4-2-1-3-9(8)10/h1-5,13H,6-7H2,(H,14,17)(H,15,16). The van der Waals surface area contributed by atoms with Crippen LogP contribution in [0.4, 0.5) is 4.79 Å². The van der Waals surface area contributed by atoms with Gasteiger partial charge in [-0.1, -0.05) is 18.2 Å². The van der Waals surface area contributed by atoms with Crippen LogP contribution in [-0.4, -0.2) is 28.7 Å². The molecular formula is C12H12N2O4. The lowest BCUT2D eigenvalue weighted by Crippen LogP contribution is -2.29. The number of carbonyl (C=O) groups is 2. The van der Waals surface area contributed by atoms with Crippen molar-refractivity contribution in [3.8, 4) is 0 Å². The van der Waals surface area contributed by atoms with Crippen molar-refractivity contribution in [1.29, 1.82) is 0 Å². The number of hydrogen-bond donors (Lipinski definition) is 3. The van der Waals surface area contributed by atoms with Crippen molar-refractivity contribution in [2.45, 2.75) is 6.61 Å². The van der Waals surface area contributed by atoms with Crippen LogP contribution in [0.1, 0.15) is 5.56 Å². The van der Waals surface area contributed by atoms with E-state index in [-0.39, 0.29) is 6.61 Å². The lowest BCUT2D eigenvalue weighted by molar-refractivity contribution is -0.135. The Morgan fingerprint density at radius 1 is 1.33 bits per heavy atom. The minimum absolute atomic E-state index is 0.0927. The monoisotopic (exact) mass is 248 g/mol. The molecule has 0 bridgehead atoms. The number of hydrogen-bond acceptors (Lipinski definition) is 3. The first-order valence-corrected chi connectivity index (χ1v) is 5.34. The number of aromatic amines is 1. The number of carboxylic acid groups (broad SMARTS) is 1. The molecule has 18 heavy (non-hydrogen) atoms. The van der Waals surface area contributed by atoms with E-state index < -0.39 is 18.6 Å². The molecule has 0 spiro atoms. The van der Waals surface area contributed by atoms with E-state index in [0.717, 1.165) is 16.5 Å². The zero-order chi connectivity index (χ0) is 13.0. The molecular weight excluding hydrogens is 236 g/mol. The van der Waals surface area contributed by atoms with Gasteiger partial charge < -0.3 is 20.1 Å². The van der Waals surface area contributed by atoms with Gasteiger partial charge in [0.15, 0.2) is 0 Å². The zero-order valence-corrected chi connectivity index (χ0v) is 9.47. The molecule has 1 amide bonds. The van der Waals surface area contributed by atoms with E-state index in [0.29, 0.717) is 0 Å². The van der Waals surface area contributed by atoms with Gasteiger partial charge in [-0.25, -0.2) is 4.79 Å². The Hall–Kier alpha value is -2.50. The maximum atomic E-state index is 11.2. The van der Waals surface area contributed by atoms with E-state index in [1.54, 1.807) is 6.20 Å². The Balaban J connectivity index is 1.94. The number of carboxylic acids is 1. The summed E-state index contributed by atoms with van der Waals surface area (Å²) in [4.78, 5) is 24.5. The highest BCUT2D eigenvalue weighted by Gasteiger charge is 2.07. The first kappa shape index (κ1) is 12.0. The number of aliphatic carboxylic acids is 1. The second-order valence-corrected chi connectivity index (χ2v) is 3.68. The predicted octanol–water partition coefficient (Wildman–Crippen LogP) is 1.48. The molecule has 6 heteroatoms. The van der Waals surface area contributed by atoms with Crippen molar-refractivity contribution < 1.29 is 19.4 Å². The molecule has 0 saturated heterocycles. The van der Waals surface area contributed by atoms with E-state index in [9.17, 15) is 9.59 Å². The Labute approximate surface area is 103 Å². The predicted molar refractivity (Wildman–Crippen MR) is 64.1 cm³/mol. The van der Waals surface area contributed by atoms with Gasteiger partial charge in [-0.15, -0.1) is 0 Å². The van der Waals surface area contributed by atoms with Gasteiger partial charge in [0, 0.05) is 22.7 Å². The maximum absolute atomic E-state index is 11.2. The van der Waals surface area contributed by atoms with Gasteiger partial charge in [0.1, 0.15) is 13.2 Å². The molecule has 0 atom stereocenters. The Bertz CT molecular complexity index is 576. The minimum atomic E-state index is -1.11. The van der Waals surface area contributed by atoms with Crippen molar-refractivity contribution >= 4 is 23.0 Å². The van der Waals surface area contributed by atoms with Crippen molar-refractivity contribution in [2.75, 3.05) is 6.54 Å². The highest BCUT2D eigenvalue weighted by atomic mass is 16.5. The summed E-state index contributed by atoms with van der Waals surface area (Å²) in [5.41, 5.74) is 1.80. The lowest BCUT2D eigenvalue weighted by atomic mass is 10.2. The molecule has 0 unspecified atom stereocenters. The molecule has 0 aliphatic carbocycles. The number of para-hydroxylation sites is 1. The molecule has 0 aliphatic rings. The largest absolute Gasteiger partial charge is 0.480 e. The lowest BCUT2D eigenvalue weighted by Gasteiger charge is -2.04. The van der Waals surface area contributed by atoms with Crippen LogP contribution in [0.3, 0.4) is 0 Å². The molecule has 3 N–H and O–H groups in total. The van der Waals surface area contributed by atoms with Crippen LogP contribution in [0.15, 0.2) is 30.5 Å². The zero-order valence-electron chi connectivity index (χ0n) is 9.47. The van der Waals surface area contributed by atoms with Gasteiger partial charge in [0.05, 0.1) is 0 Å². The van der Waals surface area contributed by atoms with E-state index in [1.807, 2.05) is 24.3 Å². The average molecular weight is 248 g/mol. The highest BCUT2D eigenvalue weighted by molar-refractivity contribution is 5.83. The van der Waals surface area contributed by atoms with Crippen LogP contribution < -0.4 is 5.32 Å². The number of H-pyrrole nitrogens is 1. The molecule has 94 valence electrons. The Kier molecular flexibility index (Phi) is 3.47. The number of fused-ring (bicyclic) bond motifs is 1. The fourth-order valence-electron chi connectivity index (χ4n) is 1.59. The van der Waals surface area contributed by atoms with Gasteiger partial charge in [0.2, 0.25) is 0 Å². The molecule has 2 aromatic rings. The molecule has 1 aromatic carbocycles. The maximum Gasteiger partial charge on any atom is 0.407 e. The Morgan fingerprint density at radius 3 is 2.89 bits per heavy atom. The number of alkyl carbamates (subject to hydrolysis) is 1. The topological polar surface area (TPSA) is 91.4 Å². The molecule has 0 radical (unpaired) electrons. The summed E-state index contributed by atoms with van der Waals surface area (Å²) in [6.45, 7) is -0.359. The van der Waals surface area contributed by atoms with Gasteiger partial charge in [0.25, 0.3) is 0 Å². The number of ether oxygens (including phenoxy) is 1. The fraction of sp³-hybridized carbons (Fsp3) is 0.167. The third-order valence-corrected chi connectivity index (χ3v) is 2.42. The third-order valence-electron chi connectivity index (χ3n) is 2.42. The molecule has 0 aliphatic heterocycles. The van der Waals surface area contributed by atoms with Crippen LogP contribution in [0.25, 0.3) is 10.9 Å². The second-order valence-electron chi connectivity index (χ2n) is 3.68. The summed E-state index contributed by atoms with van der Waals surface area (Å²) in [5, 5.41) is 11.5. The molecule has 6 nitrogen and oxygen atoms in total. The Morgan fingerprint density at radius 2 is 2.11 bits per heavy atom. The van der Waals surface area contributed by atoms with Crippen LogP contribution in [-0.2, 0) is 16.1 Å². The van der Waals surface area contributed by atoms with E-state index >= 15 is 0 Å². The van der Waals surface area contributed by atoms with Crippen molar-refractivity contribution in [2.24, 2.45) is 0 Å². The summed E-state index contributed by atoms with van der Waals surface area (Å²) >= 11 is 0. The fourth-order valence-corrected chi connectivity index (χ4v) is 1.59. The quantitative estimate of drug-likeness (QED) is 0.764. The summed E-state index contributed by atoms with van der Waals surface area (Å²) < 4.78 is 4.91. The SMILES string of the molecule is O=C(O)CNC(=O)OCc1c[nH]c2ccccc12. The van der Waals surface area contributed by atoms with Crippen LogP contribution in [0, 0.1) is 0 Å². The van der Waals surface area contributed by atoms with Crippen LogP contribution >= 0.6 is 0 Å². The number of amides is 1. The number of benzene rings is 1. The molecule has 0 fully saturated rings. The third kappa shape index (κ3) is 2.79. The van der Waals surface area contributed by atoms with Crippen LogP contribution in [0.2, 0.25) is 0 Å². The van der Waals surface area contributed by atoms with Crippen molar-refractivity contribution in [3.63, 3.8) is 0 Å². The minimum Gasteiger partial charge on any atom is -0.480 e. The van der Waals surface area contributed by atoms with E-state index in [1.165, 1.54) is 0 Å². The van der Waals surface area contributed by atoms with Gasteiger partial charge in [-0.2, -0.15) is 0 Å². The summed E-state index contributed by atoms with van der Waals surface area (Å²) in [6.07, 6.45) is 1.01. The summed E-state index contributed by atoms with van der Waals surface area (Å²) in [7, 11) is 0. The highest BCUT2D eigenvalue weighted by Crippen LogP contribution is 2.18. The van der Waals surface area contributed by atoms with E-state index in [2.05, 4.69) is 10.3 Å². The van der Waals surface area contributed by atoms with Crippen molar-refractivity contribution in [3.05, 3.63) is 36.0 Å². The summed E-state index contributed by atoms with van der Waals surface area (Å²) in [5.74, 6) is -1.11. The van der Waals surface area contributed by atoms with Gasteiger partial charge in [-0.05, 0) is 6.07 Å². The molecule has 2 rings (SSSR count). The normalized spacial score (nSPS) is 10.2. The van der Waals surface area contributed by atoms with Gasteiger partial charge >= 0.3 is 12.1 Å². The van der Waals surface area contributed by atoms with Crippen LogP contribution in [0.5, 0.6) is 0 Å². The molecule has 1 aromatic heterocycles. The molecule has 1 heterocycles. The second kappa shape index (κ2) is 5.22. The number of carbonyl (C=O) groups excluding carboxylic acids is 1. The number of nitrogens with one attached hydrogen (secondary N) is 2. The average Bonchev–Trinajstić information content (AvgIpc) is 2.77. The summed E-state index contributed by atoms with van der Waals surface area (Å²) in [6, 6.07) is 7.64. The smallest absolute Gasteiger partial charge is 0.407 e. The first-order chi connectivity index (χ1) is 8.66. The molecule has 0 saturated carbocycles. The first-order valence-electron chi connectivity index (χ1n) is 5.34. The van der Waals surface area contributed by atoms with Gasteiger partial charge in [-0.3, -0.25) is 4.79 Å².